The SMILES string of the molecule is CC(C)[C@H]1OCCC[C@H]1Nc1ccnc(N2CCN(c3cnn(C)c3)C(=O)C2)n1. The Hall–Kier alpha value is -2.68. The van der Waals surface area contributed by atoms with Gasteiger partial charge in [0.05, 0.1) is 24.0 Å². The third-order valence-corrected chi connectivity index (χ3v) is 5.51. The predicted octanol–water partition coefficient (Wildman–Crippen LogP) is 1.68. The summed E-state index contributed by atoms with van der Waals surface area (Å²) in [6, 6.07) is 2.11. The summed E-state index contributed by atoms with van der Waals surface area (Å²) in [5, 5.41) is 7.69. The third kappa shape index (κ3) is 4.34. The van der Waals surface area contributed by atoms with Crippen molar-refractivity contribution in [1.82, 2.24) is 19.7 Å². The minimum Gasteiger partial charge on any atom is -0.376 e. The number of amides is 1. The first-order valence-electron chi connectivity index (χ1n) is 10.3. The number of carbonyl (C=O) groups excluding carboxylic acids is 1. The van der Waals surface area contributed by atoms with Gasteiger partial charge in [0.15, 0.2) is 0 Å². The summed E-state index contributed by atoms with van der Waals surface area (Å²) in [7, 11) is 1.85. The molecular formula is C20H29N7O2. The molecule has 0 aliphatic carbocycles. The molecule has 2 aliphatic heterocycles. The number of anilines is 3. The molecule has 0 unspecified atom stereocenters. The summed E-state index contributed by atoms with van der Waals surface area (Å²) < 4.78 is 7.67. The lowest BCUT2D eigenvalue weighted by Crippen LogP contribution is -2.51. The largest absolute Gasteiger partial charge is 0.376 e. The highest BCUT2D eigenvalue weighted by molar-refractivity contribution is 5.97. The van der Waals surface area contributed by atoms with Crippen LogP contribution in [-0.4, -0.2) is 64.0 Å². The van der Waals surface area contributed by atoms with Gasteiger partial charge in [0.1, 0.15) is 12.4 Å². The van der Waals surface area contributed by atoms with Crippen molar-refractivity contribution in [2.24, 2.45) is 13.0 Å². The number of carbonyl (C=O) groups is 1. The Balaban J connectivity index is 1.43. The van der Waals surface area contributed by atoms with Crippen LogP contribution in [-0.2, 0) is 16.6 Å². The maximum atomic E-state index is 12.7. The summed E-state index contributed by atoms with van der Waals surface area (Å²) in [6.07, 6.45) is 7.59. The van der Waals surface area contributed by atoms with Crippen molar-refractivity contribution in [3.05, 3.63) is 24.7 Å². The summed E-state index contributed by atoms with van der Waals surface area (Å²) >= 11 is 0. The zero-order valence-corrected chi connectivity index (χ0v) is 17.3. The number of hydrogen-bond donors (Lipinski definition) is 1. The molecule has 1 amide bonds. The second-order valence-electron chi connectivity index (χ2n) is 8.05. The van der Waals surface area contributed by atoms with E-state index in [0.717, 1.165) is 31.0 Å². The molecule has 9 heteroatoms. The molecule has 0 saturated carbocycles. The number of nitrogens with zero attached hydrogens (tertiary/aromatic N) is 6. The predicted molar refractivity (Wildman–Crippen MR) is 111 cm³/mol. The van der Waals surface area contributed by atoms with Crippen LogP contribution in [0.2, 0.25) is 0 Å². The molecule has 2 saturated heterocycles. The summed E-state index contributed by atoms with van der Waals surface area (Å²) in [6.45, 7) is 6.69. The Labute approximate surface area is 171 Å². The number of nitrogens with one attached hydrogen (secondary N) is 1. The molecule has 9 nitrogen and oxygen atoms in total. The van der Waals surface area contributed by atoms with E-state index in [9.17, 15) is 4.79 Å². The summed E-state index contributed by atoms with van der Waals surface area (Å²) in [5.74, 6) is 1.81. The van der Waals surface area contributed by atoms with Gasteiger partial charge in [-0.15, -0.1) is 0 Å². The van der Waals surface area contributed by atoms with Gasteiger partial charge < -0.3 is 19.9 Å². The van der Waals surface area contributed by atoms with Crippen molar-refractivity contribution in [2.45, 2.75) is 38.8 Å². The van der Waals surface area contributed by atoms with Gasteiger partial charge in [0.25, 0.3) is 0 Å². The van der Waals surface area contributed by atoms with E-state index in [1.807, 2.05) is 24.2 Å². The number of aryl methyl sites for hydroxylation is 1. The van der Waals surface area contributed by atoms with E-state index in [0.29, 0.717) is 25.0 Å². The molecule has 2 aromatic rings. The minimum atomic E-state index is 0.0202. The van der Waals surface area contributed by atoms with Crippen LogP contribution in [0.25, 0.3) is 0 Å². The highest BCUT2D eigenvalue weighted by atomic mass is 16.5. The minimum absolute atomic E-state index is 0.0202. The third-order valence-electron chi connectivity index (χ3n) is 5.51. The highest BCUT2D eigenvalue weighted by Crippen LogP contribution is 2.24. The maximum absolute atomic E-state index is 12.7. The fourth-order valence-electron chi connectivity index (χ4n) is 4.05. The van der Waals surface area contributed by atoms with Gasteiger partial charge in [-0.3, -0.25) is 9.48 Å². The van der Waals surface area contributed by atoms with Gasteiger partial charge in [0, 0.05) is 39.1 Å². The van der Waals surface area contributed by atoms with Crippen LogP contribution >= 0.6 is 0 Å². The Morgan fingerprint density at radius 1 is 1.31 bits per heavy atom. The van der Waals surface area contributed by atoms with Crippen LogP contribution in [0.5, 0.6) is 0 Å². The number of rotatable bonds is 5. The van der Waals surface area contributed by atoms with E-state index >= 15 is 0 Å². The highest BCUT2D eigenvalue weighted by Gasteiger charge is 2.30. The topological polar surface area (TPSA) is 88.4 Å². The first-order valence-corrected chi connectivity index (χ1v) is 10.3. The second kappa shape index (κ2) is 8.36. The number of ether oxygens (including phenoxy) is 1. The van der Waals surface area contributed by atoms with Crippen LogP contribution in [0.3, 0.4) is 0 Å². The average Bonchev–Trinajstić information content (AvgIpc) is 3.14. The Bertz CT molecular complexity index is 853. The van der Waals surface area contributed by atoms with E-state index in [1.54, 1.807) is 22.0 Å². The van der Waals surface area contributed by atoms with E-state index in [1.165, 1.54) is 0 Å². The van der Waals surface area contributed by atoms with Crippen molar-refractivity contribution < 1.29 is 9.53 Å². The lowest BCUT2D eigenvalue weighted by Gasteiger charge is -2.36. The van der Waals surface area contributed by atoms with Crippen LogP contribution in [0, 0.1) is 5.92 Å². The van der Waals surface area contributed by atoms with Crippen LogP contribution in [0.4, 0.5) is 17.5 Å². The van der Waals surface area contributed by atoms with Gasteiger partial charge in [-0.2, -0.15) is 10.1 Å². The molecule has 0 radical (unpaired) electrons. The second-order valence-corrected chi connectivity index (χ2v) is 8.05. The van der Waals surface area contributed by atoms with Gasteiger partial charge in [-0.1, -0.05) is 13.8 Å². The Morgan fingerprint density at radius 2 is 2.17 bits per heavy atom. The number of hydrogen-bond acceptors (Lipinski definition) is 7. The van der Waals surface area contributed by atoms with Gasteiger partial charge >= 0.3 is 0 Å². The molecule has 2 aromatic heterocycles. The Kier molecular flexibility index (Phi) is 5.66. The molecular weight excluding hydrogens is 370 g/mol. The molecule has 0 spiro atoms. The van der Waals surface area contributed by atoms with E-state index in [-0.39, 0.29) is 24.6 Å². The van der Waals surface area contributed by atoms with E-state index in [4.69, 9.17) is 4.74 Å². The van der Waals surface area contributed by atoms with Crippen molar-refractivity contribution >= 4 is 23.4 Å². The summed E-state index contributed by atoms with van der Waals surface area (Å²) in [5.41, 5.74) is 0.825. The van der Waals surface area contributed by atoms with Crippen molar-refractivity contribution in [3.8, 4) is 0 Å². The molecule has 2 fully saturated rings. The molecule has 156 valence electrons. The fraction of sp³-hybridized carbons (Fsp3) is 0.600. The van der Waals surface area contributed by atoms with Gasteiger partial charge in [-0.05, 0) is 24.8 Å². The van der Waals surface area contributed by atoms with Crippen LogP contribution in [0.1, 0.15) is 26.7 Å². The average molecular weight is 399 g/mol. The van der Waals surface area contributed by atoms with Crippen molar-refractivity contribution in [3.63, 3.8) is 0 Å². The first-order chi connectivity index (χ1) is 14.0. The number of aromatic nitrogens is 4. The van der Waals surface area contributed by atoms with Crippen molar-refractivity contribution in [2.75, 3.05) is 41.4 Å². The molecule has 1 N–H and O–H groups in total. The zero-order chi connectivity index (χ0) is 20.4. The number of piperazine rings is 1. The lowest BCUT2D eigenvalue weighted by atomic mass is 9.94. The van der Waals surface area contributed by atoms with Crippen LogP contribution in [0.15, 0.2) is 24.7 Å². The monoisotopic (exact) mass is 399 g/mol. The van der Waals surface area contributed by atoms with E-state index in [2.05, 4.69) is 34.2 Å². The fourth-order valence-corrected chi connectivity index (χ4v) is 4.05. The first kappa shape index (κ1) is 19.6. The summed E-state index contributed by atoms with van der Waals surface area (Å²) in [4.78, 5) is 25.4. The maximum Gasteiger partial charge on any atom is 0.246 e. The zero-order valence-electron chi connectivity index (χ0n) is 17.3. The molecule has 2 atom stereocenters. The molecule has 0 aromatic carbocycles. The quantitative estimate of drug-likeness (QED) is 0.818. The standard InChI is InChI=1S/C20H29N7O2/c1-14(2)19-16(5-4-10-29-19)23-17-6-7-21-20(24-17)26-8-9-27(18(28)13-26)15-11-22-25(3)12-15/h6-7,11-12,14,16,19H,4-5,8-10,13H2,1-3H3,(H,21,23,24)/t16-,19-/m1/s1. The molecule has 4 heterocycles. The normalized spacial score (nSPS) is 23.0. The van der Waals surface area contributed by atoms with Crippen LogP contribution < -0.4 is 15.1 Å². The molecule has 4 rings (SSSR count). The van der Waals surface area contributed by atoms with E-state index < -0.39 is 0 Å². The lowest BCUT2D eigenvalue weighted by molar-refractivity contribution is -0.117. The molecule has 2 aliphatic rings. The van der Waals surface area contributed by atoms with Gasteiger partial charge in [0.2, 0.25) is 11.9 Å². The Morgan fingerprint density at radius 3 is 2.90 bits per heavy atom. The van der Waals surface area contributed by atoms with Crippen molar-refractivity contribution in [1.29, 1.82) is 0 Å². The molecule has 29 heavy (non-hydrogen) atoms. The smallest absolute Gasteiger partial charge is 0.246 e. The van der Waals surface area contributed by atoms with Gasteiger partial charge in [-0.25, -0.2) is 4.98 Å². The molecule has 0 bridgehead atoms.